The van der Waals surface area contributed by atoms with E-state index in [0.717, 1.165) is 0 Å². The minimum atomic E-state index is -2.40. The topological polar surface area (TPSA) is 48.6 Å². The van der Waals surface area contributed by atoms with E-state index in [0.29, 0.717) is 16.6 Å². The molecule has 0 spiro atoms. The van der Waals surface area contributed by atoms with Crippen LogP contribution < -0.4 is 5.69 Å². The molecule has 2 N–H and O–H groups in total. The first-order valence-electron chi connectivity index (χ1n) is 4.15. The molecule has 0 aliphatic rings. The van der Waals surface area contributed by atoms with Gasteiger partial charge in [-0.3, -0.25) is 0 Å². The molecule has 5 heteroatoms. The zero-order chi connectivity index (χ0) is 10.1. The average Bonchev–Trinajstić information content (AvgIpc) is 2.45. The summed E-state index contributed by atoms with van der Waals surface area (Å²) >= 11 is 0. The Bertz CT molecular complexity index is 501. The van der Waals surface area contributed by atoms with E-state index in [1.54, 1.807) is 18.2 Å². The fourth-order valence-corrected chi connectivity index (χ4v) is 1.46. The molecular weight excluding hydrogens is 190 g/mol. The Kier molecular flexibility index (Phi) is 2.07. The SMILES string of the molecule is O=c1[nH]c2cccc(CC(F)F)c2[nH]1. The summed E-state index contributed by atoms with van der Waals surface area (Å²) in [7, 11) is 0. The average molecular weight is 198 g/mol. The number of hydrogen-bond acceptors (Lipinski definition) is 1. The number of hydrogen-bond donors (Lipinski definition) is 2. The molecule has 14 heavy (non-hydrogen) atoms. The molecule has 1 aromatic carbocycles. The maximum absolute atomic E-state index is 12.2. The number of aromatic amines is 2. The van der Waals surface area contributed by atoms with Gasteiger partial charge in [0.05, 0.1) is 11.0 Å². The van der Waals surface area contributed by atoms with Crippen LogP contribution in [0.15, 0.2) is 23.0 Å². The van der Waals surface area contributed by atoms with E-state index in [1.807, 2.05) is 0 Å². The van der Waals surface area contributed by atoms with Crippen LogP contribution in [0.25, 0.3) is 11.0 Å². The van der Waals surface area contributed by atoms with E-state index in [-0.39, 0.29) is 12.1 Å². The van der Waals surface area contributed by atoms with Crippen LogP contribution in [0.3, 0.4) is 0 Å². The molecule has 1 heterocycles. The molecule has 2 rings (SSSR count). The summed E-state index contributed by atoms with van der Waals surface area (Å²) in [4.78, 5) is 15.9. The second-order valence-electron chi connectivity index (χ2n) is 3.01. The monoisotopic (exact) mass is 198 g/mol. The molecule has 0 aliphatic heterocycles. The van der Waals surface area contributed by atoms with Crippen molar-refractivity contribution in [1.29, 1.82) is 0 Å². The summed E-state index contributed by atoms with van der Waals surface area (Å²) in [6.45, 7) is 0. The molecule has 1 aromatic heterocycles. The van der Waals surface area contributed by atoms with Gasteiger partial charge in [0.15, 0.2) is 0 Å². The zero-order valence-corrected chi connectivity index (χ0v) is 7.18. The summed E-state index contributed by atoms with van der Waals surface area (Å²) in [5.74, 6) is 0. The molecule has 74 valence electrons. The number of fused-ring (bicyclic) bond motifs is 1. The largest absolute Gasteiger partial charge is 0.323 e. The number of para-hydroxylation sites is 1. The van der Waals surface area contributed by atoms with Crippen LogP contribution in [0.4, 0.5) is 8.78 Å². The van der Waals surface area contributed by atoms with Gasteiger partial charge in [0.25, 0.3) is 0 Å². The van der Waals surface area contributed by atoms with Crippen molar-refractivity contribution in [1.82, 2.24) is 9.97 Å². The van der Waals surface area contributed by atoms with Gasteiger partial charge < -0.3 is 9.97 Å². The second-order valence-corrected chi connectivity index (χ2v) is 3.01. The van der Waals surface area contributed by atoms with Crippen molar-refractivity contribution in [2.75, 3.05) is 0 Å². The molecule has 0 saturated carbocycles. The van der Waals surface area contributed by atoms with Crippen molar-refractivity contribution in [2.24, 2.45) is 0 Å². The van der Waals surface area contributed by atoms with Crippen molar-refractivity contribution in [2.45, 2.75) is 12.8 Å². The number of benzene rings is 1. The van der Waals surface area contributed by atoms with E-state index < -0.39 is 6.43 Å². The summed E-state index contributed by atoms with van der Waals surface area (Å²) in [5.41, 5.74) is 1.11. The van der Waals surface area contributed by atoms with Gasteiger partial charge in [-0.05, 0) is 11.6 Å². The Balaban J connectivity index is 2.58. The number of rotatable bonds is 2. The number of alkyl halides is 2. The third-order valence-corrected chi connectivity index (χ3v) is 2.01. The van der Waals surface area contributed by atoms with Crippen LogP contribution in [0.5, 0.6) is 0 Å². The fraction of sp³-hybridized carbons (Fsp3) is 0.222. The summed E-state index contributed by atoms with van der Waals surface area (Å²) in [6, 6.07) is 4.89. The molecule has 0 saturated heterocycles. The summed E-state index contributed by atoms with van der Waals surface area (Å²) in [6.07, 6.45) is -2.75. The number of halogens is 2. The Morgan fingerprint density at radius 1 is 1.29 bits per heavy atom. The Labute approximate surface area is 77.8 Å². The van der Waals surface area contributed by atoms with E-state index in [2.05, 4.69) is 9.97 Å². The standard InChI is InChI=1S/C9H8F2N2O/c10-7(11)4-5-2-1-3-6-8(5)13-9(14)12-6/h1-3,7H,4H2,(H2,12,13,14). The highest BCUT2D eigenvalue weighted by Crippen LogP contribution is 2.16. The third kappa shape index (κ3) is 1.53. The lowest BCUT2D eigenvalue weighted by Crippen LogP contribution is -2.01. The van der Waals surface area contributed by atoms with Crippen LogP contribution in [0.2, 0.25) is 0 Å². The third-order valence-electron chi connectivity index (χ3n) is 2.01. The maximum Gasteiger partial charge on any atom is 0.323 e. The molecule has 0 amide bonds. The molecule has 0 aliphatic carbocycles. The van der Waals surface area contributed by atoms with Gasteiger partial charge in [-0.2, -0.15) is 0 Å². The highest BCUT2D eigenvalue weighted by Gasteiger charge is 2.09. The second kappa shape index (κ2) is 3.25. The molecule has 0 atom stereocenters. The molecular formula is C9H8F2N2O. The van der Waals surface area contributed by atoms with Crippen molar-refractivity contribution in [3.8, 4) is 0 Å². The molecule has 0 fully saturated rings. The summed E-state index contributed by atoms with van der Waals surface area (Å²) in [5, 5.41) is 0. The van der Waals surface area contributed by atoms with Crippen molar-refractivity contribution < 1.29 is 8.78 Å². The van der Waals surface area contributed by atoms with Crippen LogP contribution in [-0.2, 0) is 6.42 Å². The van der Waals surface area contributed by atoms with E-state index in [1.165, 1.54) is 0 Å². The van der Waals surface area contributed by atoms with E-state index in [4.69, 9.17) is 0 Å². The van der Waals surface area contributed by atoms with Crippen molar-refractivity contribution in [3.05, 3.63) is 34.2 Å². The van der Waals surface area contributed by atoms with Crippen LogP contribution >= 0.6 is 0 Å². The molecule has 0 bridgehead atoms. The predicted molar refractivity (Wildman–Crippen MR) is 48.6 cm³/mol. The first kappa shape index (κ1) is 8.93. The number of H-pyrrole nitrogens is 2. The highest BCUT2D eigenvalue weighted by atomic mass is 19.3. The van der Waals surface area contributed by atoms with E-state index >= 15 is 0 Å². The van der Waals surface area contributed by atoms with Gasteiger partial charge in [-0.15, -0.1) is 0 Å². The van der Waals surface area contributed by atoms with Gasteiger partial charge in [0, 0.05) is 6.42 Å². The quantitative estimate of drug-likeness (QED) is 0.757. The normalized spacial score (nSPS) is 11.4. The minimum absolute atomic E-state index is 0.342. The molecule has 0 radical (unpaired) electrons. The number of nitrogens with one attached hydrogen (secondary N) is 2. The molecule has 0 unspecified atom stereocenters. The molecule has 2 aromatic rings. The van der Waals surface area contributed by atoms with Gasteiger partial charge in [0.2, 0.25) is 6.43 Å². The predicted octanol–water partition coefficient (Wildman–Crippen LogP) is 1.66. The van der Waals surface area contributed by atoms with Gasteiger partial charge in [-0.1, -0.05) is 12.1 Å². The van der Waals surface area contributed by atoms with Crippen LogP contribution in [-0.4, -0.2) is 16.4 Å². The zero-order valence-electron chi connectivity index (χ0n) is 7.18. The van der Waals surface area contributed by atoms with Crippen molar-refractivity contribution >= 4 is 11.0 Å². The van der Waals surface area contributed by atoms with Crippen molar-refractivity contribution in [3.63, 3.8) is 0 Å². The van der Waals surface area contributed by atoms with Gasteiger partial charge in [-0.25, -0.2) is 13.6 Å². The fourth-order valence-electron chi connectivity index (χ4n) is 1.46. The van der Waals surface area contributed by atoms with Gasteiger partial charge >= 0.3 is 5.69 Å². The Morgan fingerprint density at radius 2 is 2.07 bits per heavy atom. The minimum Gasteiger partial charge on any atom is -0.306 e. The first-order chi connectivity index (χ1) is 6.66. The summed E-state index contributed by atoms with van der Waals surface area (Å²) < 4.78 is 24.3. The Morgan fingerprint density at radius 3 is 2.79 bits per heavy atom. The lowest BCUT2D eigenvalue weighted by molar-refractivity contribution is 0.149. The first-order valence-corrected chi connectivity index (χ1v) is 4.15. The van der Waals surface area contributed by atoms with Crippen LogP contribution in [0.1, 0.15) is 5.56 Å². The lowest BCUT2D eigenvalue weighted by atomic mass is 10.1. The van der Waals surface area contributed by atoms with E-state index in [9.17, 15) is 13.6 Å². The molecule has 3 nitrogen and oxygen atoms in total. The maximum atomic E-state index is 12.2. The van der Waals surface area contributed by atoms with Gasteiger partial charge in [0.1, 0.15) is 0 Å². The lowest BCUT2D eigenvalue weighted by Gasteiger charge is -2.00. The number of aromatic nitrogens is 2. The Hall–Kier alpha value is -1.65. The number of imidazole rings is 1. The highest BCUT2D eigenvalue weighted by molar-refractivity contribution is 5.78. The smallest absolute Gasteiger partial charge is 0.306 e. The van der Waals surface area contributed by atoms with Crippen LogP contribution in [0, 0.1) is 0 Å².